The largest absolute Gasteiger partial charge is 0.354 e. The van der Waals surface area contributed by atoms with Crippen molar-refractivity contribution in [3.05, 3.63) is 0 Å². The van der Waals surface area contributed by atoms with Crippen molar-refractivity contribution in [3.8, 4) is 0 Å². The smallest absolute Gasteiger partial charge is 0.325 e. The Morgan fingerprint density at radius 3 is 2.44 bits per heavy atom. The summed E-state index contributed by atoms with van der Waals surface area (Å²) in [7, 11) is 2.95. The van der Waals surface area contributed by atoms with Gasteiger partial charge < -0.3 is 14.8 Å². The zero-order valence-electron chi connectivity index (χ0n) is 11.5. The summed E-state index contributed by atoms with van der Waals surface area (Å²) in [6.07, 6.45) is 1.94. The molecule has 0 aromatic heterocycles. The molecule has 6 nitrogen and oxygen atoms in total. The van der Waals surface area contributed by atoms with E-state index < -0.39 is 11.8 Å². The first-order valence-electron chi connectivity index (χ1n) is 6.18. The van der Waals surface area contributed by atoms with E-state index >= 15 is 0 Å². The van der Waals surface area contributed by atoms with Crippen LogP contribution in [-0.4, -0.2) is 49.4 Å². The molecule has 1 heterocycles. The topological polar surface area (TPSA) is 67.9 Å². The van der Waals surface area contributed by atoms with Gasteiger partial charge in [0.15, 0.2) is 6.29 Å². The number of carbonyl (C=O) groups excluding carboxylic acids is 2. The highest BCUT2D eigenvalue weighted by Crippen LogP contribution is 2.23. The average Bonchev–Trinajstić information content (AvgIpc) is 2.56. The Labute approximate surface area is 108 Å². The second-order valence-corrected chi connectivity index (χ2v) is 4.68. The Kier molecular flexibility index (Phi) is 5.10. The number of imide groups is 1. The minimum absolute atomic E-state index is 0.110. The van der Waals surface area contributed by atoms with Gasteiger partial charge in [-0.2, -0.15) is 0 Å². The van der Waals surface area contributed by atoms with Crippen molar-refractivity contribution in [3.63, 3.8) is 0 Å². The lowest BCUT2D eigenvalue weighted by molar-refractivity contribution is -0.141. The van der Waals surface area contributed by atoms with Crippen molar-refractivity contribution in [2.24, 2.45) is 0 Å². The summed E-state index contributed by atoms with van der Waals surface area (Å²) in [5, 5.41) is 2.74. The number of ether oxygens (including phenoxy) is 2. The molecule has 0 aromatic rings. The van der Waals surface area contributed by atoms with E-state index in [-0.39, 0.29) is 18.5 Å². The highest BCUT2D eigenvalue weighted by atomic mass is 16.7. The van der Waals surface area contributed by atoms with Crippen molar-refractivity contribution in [1.29, 1.82) is 0 Å². The molecule has 1 atom stereocenters. The fraction of sp³-hybridized carbons (Fsp3) is 0.833. The zero-order valence-corrected chi connectivity index (χ0v) is 11.5. The molecule has 1 rings (SSSR count). The maximum absolute atomic E-state index is 12.2. The SMILES string of the molecule is CCCCC1(C)NC(=O)N(CC(OC)OC)C1=O. The van der Waals surface area contributed by atoms with Crippen LogP contribution in [0.25, 0.3) is 0 Å². The normalized spacial score (nSPS) is 23.9. The number of nitrogens with one attached hydrogen (secondary N) is 1. The standard InChI is InChI=1S/C12H22N2O4/c1-5-6-7-12(2)10(15)14(11(16)13-12)8-9(17-3)18-4/h9H,5-8H2,1-4H3,(H,13,16). The first kappa shape index (κ1) is 14.9. The number of carbonyl (C=O) groups is 2. The van der Waals surface area contributed by atoms with Crippen LogP contribution in [-0.2, 0) is 14.3 Å². The molecule has 1 aliphatic heterocycles. The number of hydrogen-bond donors (Lipinski definition) is 1. The van der Waals surface area contributed by atoms with Crippen molar-refractivity contribution < 1.29 is 19.1 Å². The number of nitrogens with zero attached hydrogens (tertiary/aromatic N) is 1. The van der Waals surface area contributed by atoms with E-state index in [4.69, 9.17) is 9.47 Å². The van der Waals surface area contributed by atoms with Gasteiger partial charge in [-0.15, -0.1) is 0 Å². The van der Waals surface area contributed by atoms with E-state index in [0.717, 1.165) is 17.7 Å². The number of hydrogen-bond acceptors (Lipinski definition) is 4. The van der Waals surface area contributed by atoms with Gasteiger partial charge in [0.25, 0.3) is 5.91 Å². The summed E-state index contributed by atoms with van der Waals surface area (Å²) in [6.45, 7) is 3.92. The summed E-state index contributed by atoms with van der Waals surface area (Å²) in [5.74, 6) is -0.208. The van der Waals surface area contributed by atoms with E-state index in [1.165, 1.54) is 14.2 Å². The van der Waals surface area contributed by atoms with Crippen LogP contribution in [0.4, 0.5) is 4.79 Å². The summed E-state index contributed by atoms with van der Waals surface area (Å²) >= 11 is 0. The molecule has 18 heavy (non-hydrogen) atoms. The van der Waals surface area contributed by atoms with Gasteiger partial charge in [0.05, 0.1) is 6.54 Å². The lowest BCUT2D eigenvalue weighted by Crippen LogP contribution is -2.44. The van der Waals surface area contributed by atoms with Gasteiger partial charge in [-0.05, 0) is 13.3 Å². The lowest BCUT2D eigenvalue weighted by Gasteiger charge is -2.22. The number of methoxy groups -OCH3 is 2. The maximum Gasteiger partial charge on any atom is 0.325 e. The number of unbranched alkanes of at least 4 members (excludes halogenated alkanes) is 1. The van der Waals surface area contributed by atoms with E-state index in [1.807, 2.05) is 6.92 Å². The van der Waals surface area contributed by atoms with Gasteiger partial charge >= 0.3 is 6.03 Å². The maximum atomic E-state index is 12.2. The average molecular weight is 258 g/mol. The van der Waals surface area contributed by atoms with E-state index in [0.29, 0.717) is 6.42 Å². The third kappa shape index (κ3) is 3.00. The Morgan fingerprint density at radius 2 is 1.94 bits per heavy atom. The van der Waals surface area contributed by atoms with Crippen LogP contribution in [0.2, 0.25) is 0 Å². The van der Waals surface area contributed by atoms with Gasteiger partial charge in [-0.1, -0.05) is 19.8 Å². The van der Waals surface area contributed by atoms with Gasteiger partial charge in [-0.3, -0.25) is 9.69 Å². The van der Waals surface area contributed by atoms with Gasteiger partial charge in [0.2, 0.25) is 0 Å². The van der Waals surface area contributed by atoms with Crippen molar-refractivity contribution in [2.45, 2.75) is 44.9 Å². The van der Waals surface area contributed by atoms with Crippen molar-refractivity contribution in [1.82, 2.24) is 10.2 Å². The minimum atomic E-state index is -0.793. The van der Waals surface area contributed by atoms with Gasteiger partial charge in [0.1, 0.15) is 5.54 Å². The fourth-order valence-corrected chi connectivity index (χ4v) is 2.01. The van der Waals surface area contributed by atoms with E-state index in [2.05, 4.69) is 5.32 Å². The lowest BCUT2D eigenvalue weighted by atomic mass is 9.95. The van der Waals surface area contributed by atoms with Crippen molar-refractivity contribution >= 4 is 11.9 Å². The highest BCUT2D eigenvalue weighted by Gasteiger charge is 2.47. The van der Waals surface area contributed by atoms with Crippen LogP contribution in [0.5, 0.6) is 0 Å². The molecular weight excluding hydrogens is 236 g/mol. The third-order valence-electron chi connectivity index (χ3n) is 3.23. The Bertz CT molecular complexity index is 317. The Morgan fingerprint density at radius 1 is 1.33 bits per heavy atom. The quantitative estimate of drug-likeness (QED) is 0.548. The van der Waals surface area contributed by atoms with Crippen molar-refractivity contribution in [2.75, 3.05) is 20.8 Å². The molecule has 0 radical (unpaired) electrons. The number of rotatable bonds is 7. The molecule has 0 aliphatic carbocycles. The van der Waals surface area contributed by atoms with Gasteiger partial charge in [0, 0.05) is 14.2 Å². The molecule has 6 heteroatoms. The zero-order chi connectivity index (χ0) is 13.8. The van der Waals surface area contributed by atoms with E-state index in [1.54, 1.807) is 6.92 Å². The van der Waals surface area contributed by atoms with Crippen LogP contribution in [0.1, 0.15) is 33.1 Å². The second kappa shape index (κ2) is 6.15. The number of urea groups is 1. The molecule has 1 aliphatic rings. The first-order chi connectivity index (χ1) is 8.48. The van der Waals surface area contributed by atoms with Gasteiger partial charge in [-0.25, -0.2) is 4.79 Å². The Hall–Kier alpha value is -1.14. The fourth-order valence-electron chi connectivity index (χ4n) is 2.01. The molecule has 1 unspecified atom stereocenters. The molecular formula is C12H22N2O4. The monoisotopic (exact) mass is 258 g/mol. The molecule has 0 spiro atoms. The minimum Gasteiger partial charge on any atom is -0.354 e. The van der Waals surface area contributed by atoms with Crippen LogP contribution >= 0.6 is 0 Å². The predicted molar refractivity (Wildman–Crippen MR) is 66.0 cm³/mol. The Balaban J connectivity index is 2.71. The predicted octanol–water partition coefficient (Wildman–Crippen LogP) is 1.11. The summed E-state index contributed by atoms with van der Waals surface area (Å²) in [4.78, 5) is 25.2. The van der Waals surface area contributed by atoms with Crippen LogP contribution in [0, 0.1) is 0 Å². The molecule has 0 bridgehead atoms. The number of amides is 3. The first-order valence-corrected chi connectivity index (χ1v) is 6.18. The molecule has 1 N–H and O–H groups in total. The van der Waals surface area contributed by atoms with Crippen LogP contribution in [0.3, 0.4) is 0 Å². The summed E-state index contributed by atoms with van der Waals surface area (Å²) < 4.78 is 10.0. The molecule has 1 saturated heterocycles. The highest BCUT2D eigenvalue weighted by molar-refractivity contribution is 6.06. The second-order valence-electron chi connectivity index (χ2n) is 4.68. The molecule has 3 amide bonds. The summed E-state index contributed by atoms with van der Waals surface area (Å²) in [6, 6.07) is -0.377. The van der Waals surface area contributed by atoms with Crippen LogP contribution < -0.4 is 5.32 Å². The molecule has 1 fully saturated rings. The molecule has 104 valence electrons. The van der Waals surface area contributed by atoms with Crippen LogP contribution in [0.15, 0.2) is 0 Å². The summed E-state index contributed by atoms with van der Waals surface area (Å²) in [5.41, 5.74) is -0.793. The molecule has 0 saturated carbocycles. The molecule has 0 aromatic carbocycles. The third-order valence-corrected chi connectivity index (χ3v) is 3.23. The van der Waals surface area contributed by atoms with E-state index in [9.17, 15) is 9.59 Å².